The second-order valence-corrected chi connectivity index (χ2v) is 22.2. The fourth-order valence-electron chi connectivity index (χ4n) is 11.7. The average Bonchev–Trinajstić information content (AvgIpc) is 3.38. The quantitative estimate of drug-likeness (QED) is 0.148. The topological polar surface area (TPSA) is 214 Å². The van der Waals surface area contributed by atoms with Gasteiger partial charge >= 0.3 is 12.1 Å². The molecule has 414 valence electrons. The number of aliphatic hydroxyl groups excluding tert-OH is 1. The van der Waals surface area contributed by atoms with Crippen LogP contribution in [0, 0.1) is 35.5 Å². The Morgan fingerprint density at radius 1 is 0.822 bits per heavy atom. The highest BCUT2D eigenvalue weighted by Crippen LogP contribution is 2.38. The number of nitrogens with zero attached hydrogens (tertiary/aromatic N) is 2. The number of fused-ring (bicyclic) bond motifs is 3. The number of ketones is 3. The maximum Gasteiger partial charge on any atom is 0.410 e. The number of carbonyl (C=O) groups is 6. The molecule has 2 amide bonds. The Kier molecular flexibility index (Phi) is 23.6. The van der Waals surface area contributed by atoms with Crippen LogP contribution in [-0.4, -0.2) is 164 Å². The predicted molar refractivity (Wildman–Crippen MR) is 272 cm³/mol. The lowest BCUT2D eigenvalue weighted by Crippen LogP contribution is -2.61. The van der Waals surface area contributed by atoms with E-state index in [0.29, 0.717) is 96.1 Å². The van der Waals surface area contributed by atoms with Gasteiger partial charge in [-0.1, -0.05) is 59.6 Å². The summed E-state index contributed by atoms with van der Waals surface area (Å²) < 4.78 is 41.3. The Balaban J connectivity index is 1.42. The lowest BCUT2D eigenvalue weighted by atomic mass is 9.78. The third kappa shape index (κ3) is 16.2. The number of hydrogen-bond donors (Lipinski definition) is 2. The molecule has 2 bridgehead atoms. The molecule has 15 atom stereocenters. The van der Waals surface area contributed by atoms with Gasteiger partial charge in [0.1, 0.15) is 36.2 Å². The zero-order valence-electron chi connectivity index (χ0n) is 45.7. The molecule has 0 aromatic heterocycles. The minimum Gasteiger partial charge on any atom is -0.460 e. The molecule has 0 aromatic carbocycles. The van der Waals surface area contributed by atoms with Gasteiger partial charge in [0.25, 0.3) is 11.7 Å². The molecule has 5 aliphatic rings. The van der Waals surface area contributed by atoms with Crippen molar-refractivity contribution >= 4 is 35.3 Å². The molecule has 5 rings (SSSR count). The van der Waals surface area contributed by atoms with E-state index < -0.39 is 77.9 Å². The Bertz CT molecular complexity index is 1920. The molecule has 0 radical (unpaired) electrons. The number of allylic oxidation sites excluding steroid dienone is 2. The number of morpholine rings is 1. The van der Waals surface area contributed by atoms with E-state index in [1.165, 1.54) is 12.0 Å². The van der Waals surface area contributed by atoms with Crippen LogP contribution in [0.5, 0.6) is 0 Å². The molecular formula is C56H90N2O15. The highest BCUT2D eigenvalue weighted by Gasteiger charge is 2.53. The van der Waals surface area contributed by atoms with Gasteiger partial charge in [0.2, 0.25) is 5.79 Å². The van der Waals surface area contributed by atoms with Crippen molar-refractivity contribution in [2.24, 2.45) is 35.5 Å². The molecule has 17 nitrogen and oxygen atoms in total. The Labute approximate surface area is 434 Å². The van der Waals surface area contributed by atoms with E-state index in [-0.39, 0.29) is 66.8 Å². The van der Waals surface area contributed by atoms with E-state index in [1.54, 1.807) is 46.0 Å². The highest BCUT2D eigenvalue weighted by atomic mass is 16.6. The number of methoxy groups -OCH3 is 3. The van der Waals surface area contributed by atoms with Gasteiger partial charge in [-0.15, -0.1) is 0 Å². The van der Waals surface area contributed by atoms with Crippen molar-refractivity contribution in [3.05, 3.63) is 23.3 Å². The molecule has 2 unspecified atom stereocenters. The summed E-state index contributed by atoms with van der Waals surface area (Å²) in [5, 5.41) is 23.6. The normalized spacial score (nSPS) is 38.0. The first-order valence-electron chi connectivity index (χ1n) is 27.4. The Morgan fingerprint density at radius 2 is 1.53 bits per heavy atom. The van der Waals surface area contributed by atoms with Gasteiger partial charge in [0.15, 0.2) is 5.78 Å². The summed E-state index contributed by atoms with van der Waals surface area (Å²) in [5.74, 6) is -7.77. The average molecular weight is 1030 g/mol. The van der Waals surface area contributed by atoms with Gasteiger partial charge < -0.3 is 53.2 Å². The summed E-state index contributed by atoms with van der Waals surface area (Å²) in [6, 6.07) is -1.16. The number of amides is 2. The molecule has 2 N–H and O–H groups in total. The lowest BCUT2D eigenvalue weighted by molar-refractivity contribution is -0.265. The standard InChI is InChI=1S/C56H90N2O15/c1-34-16-12-11-13-17-35(2)46(67-8)32-42-21-19-40(7)56(66,73-42)52(62)53(63)58-23-15-14-18-43(58)54(64)71-47(33-44(59)36(3)29-39(6)50(61)51(69-10)49(60)38(5)28-34)37(4)30-41-20-22-45(48(31-41)68-9)72-55(65)57-24-26-70-27-25-57/h17,29,34,36-38,40-43,45-48,50-51,61,66H,11-16,18-28,30-33H2,1-10H3/b35-17+,39-29+/t34-,36-,37-,38-,40-,41+,42+,43+,45-,46?,47+,48-,50-,51?,56-/m1/s1. The van der Waals surface area contributed by atoms with E-state index in [1.807, 2.05) is 20.8 Å². The zero-order valence-corrected chi connectivity index (χ0v) is 45.7. The molecule has 1 aliphatic carbocycles. The van der Waals surface area contributed by atoms with Gasteiger partial charge in [0, 0.05) is 71.6 Å². The minimum absolute atomic E-state index is 0.0528. The third-order valence-electron chi connectivity index (χ3n) is 16.6. The maximum atomic E-state index is 14.6. The third-order valence-corrected chi connectivity index (χ3v) is 16.6. The summed E-state index contributed by atoms with van der Waals surface area (Å²) in [6.07, 6.45) is 7.14. The van der Waals surface area contributed by atoms with Crippen LogP contribution in [0.25, 0.3) is 0 Å². The second-order valence-electron chi connectivity index (χ2n) is 22.2. The molecule has 0 aromatic rings. The van der Waals surface area contributed by atoms with Gasteiger partial charge in [-0.2, -0.15) is 0 Å². The van der Waals surface area contributed by atoms with Crippen LogP contribution in [0.15, 0.2) is 23.3 Å². The molecule has 4 heterocycles. The van der Waals surface area contributed by atoms with Gasteiger partial charge in [0.05, 0.1) is 31.5 Å². The molecule has 17 heteroatoms. The number of aliphatic hydroxyl groups is 2. The van der Waals surface area contributed by atoms with Crippen LogP contribution in [0.3, 0.4) is 0 Å². The van der Waals surface area contributed by atoms with E-state index in [0.717, 1.165) is 31.3 Å². The summed E-state index contributed by atoms with van der Waals surface area (Å²) in [4.78, 5) is 87.3. The minimum atomic E-state index is -2.43. The number of cyclic esters (lactones) is 1. The van der Waals surface area contributed by atoms with E-state index in [2.05, 4.69) is 13.0 Å². The fourth-order valence-corrected chi connectivity index (χ4v) is 11.7. The van der Waals surface area contributed by atoms with Crippen LogP contribution in [0.4, 0.5) is 4.79 Å². The van der Waals surface area contributed by atoms with Crippen LogP contribution in [0.1, 0.15) is 151 Å². The second kappa shape index (κ2) is 28.5. The first-order valence-corrected chi connectivity index (χ1v) is 27.4. The Morgan fingerprint density at radius 3 is 2.22 bits per heavy atom. The first-order chi connectivity index (χ1) is 34.7. The highest BCUT2D eigenvalue weighted by molar-refractivity contribution is 6.39. The summed E-state index contributed by atoms with van der Waals surface area (Å²) >= 11 is 0. The van der Waals surface area contributed by atoms with Crippen molar-refractivity contribution in [2.75, 3.05) is 54.2 Å². The first kappa shape index (κ1) is 60.3. The molecule has 4 fully saturated rings. The van der Waals surface area contributed by atoms with Crippen molar-refractivity contribution in [3.8, 4) is 0 Å². The van der Waals surface area contributed by atoms with Crippen LogP contribution in [0.2, 0.25) is 0 Å². The van der Waals surface area contributed by atoms with Crippen molar-refractivity contribution < 1.29 is 72.1 Å². The predicted octanol–water partition coefficient (Wildman–Crippen LogP) is 7.11. The number of piperidine rings is 1. The smallest absolute Gasteiger partial charge is 0.410 e. The van der Waals surface area contributed by atoms with Crippen molar-refractivity contribution in [3.63, 3.8) is 0 Å². The number of carbonyl (C=O) groups excluding carboxylic acids is 6. The maximum absolute atomic E-state index is 14.6. The fraction of sp³-hybridized carbons (Fsp3) is 0.821. The van der Waals surface area contributed by atoms with Crippen LogP contribution < -0.4 is 0 Å². The van der Waals surface area contributed by atoms with E-state index >= 15 is 0 Å². The van der Waals surface area contributed by atoms with E-state index in [4.69, 9.17) is 33.2 Å². The molecular weight excluding hydrogens is 941 g/mol. The Hall–Kier alpha value is -3.58. The number of rotatable bonds is 7. The molecule has 1 saturated carbocycles. The summed E-state index contributed by atoms with van der Waals surface area (Å²) in [5.41, 5.74) is 1.39. The molecule has 73 heavy (non-hydrogen) atoms. The van der Waals surface area contributed by atoms with Crippen molar-refractivity contribution in [1.29, 1.82) is 0 Å². The summed E-state index contributed by atoms with van der Waals surface area (Å²) in [6.45, 7) is 14.8. The largest absolute Gasteiger partial charge is 0.460 e. The molecule has 0 spiro atoms. The van der Waals surface area contributed by atoms with Gasteiger partial charge in [-0.05, 0) is 120 Å². The SMILES string of the molecule is COC1C[C@@H]2CC[C@@H](C)[C@@](O)(O2)C(=O)C(=O)N2CCCC[C@H]2C(=O)O[C@H]([C@H](C)C[C@@H]2CC[C@@H](OC(=O)N3CCOCC3)[C@H](OC)C2)CC(=O)[C@H](C)/C=C(\C)[C@@H](O)C(OC)C(=O)[C@H](C)C[C@H](C)CCCC/C=C/1C. The van der Waals surface area contributed by atoms with Gasteiger partial charge in [-0.25, -0.2) is 9.59 Å². The van der Waals surface area contributed by atoms with Crippen LogP contribution in [-0.2, 0) is 57.1 Å². The van der Waals surface area contributed by atoms with Crippen molar-refractivity contribution in [2.45, 2.75) is 206 Å². The number of Topliss-reactive ketones (excluding diaryl/α,β-unsaturated/α-hetero) is 3. The zero-order chi connectivity index (χ0) is 53.6. The van der Waals surface area contributed by atoms with E-state index in [9.17, 15) is 39.0 Å². The number of esters is 1. The summed E-state index contributed by atoms with van der Waals surface area (Å²) in [7, 11) is 4.60. The monoisotopic (exact) mass is 1030 g/mol. The van der Waals surface area contributed by atoms with Gasteiger partial charge in [-0.3, -0.25) is 19.2 Å². The lowest BCUT2D eigenvalue weighted by Gasteiger charge is -2.42. The number of hydrogen-bond acceptors (Lipinski definition) is 15. The van der Waals surface area contributed by atoms with Crippen LogP contribution >= 0.6 is 0 Å². The molecule has 3 saturated heterocycles. The number of ether oxygens (including phenoxy) is 7. The van der Waals surface area contributed by atoms with Crippen molar-refractivity contribution in [1.82, 2.24) is 9.80 Å². The molecule has 4 aliphatic heterocycles.